The fourth-order valence-electron chi connectivity index (χ4n) is 4.42. The van der Waals surface area contributed by atoms with Crippen LogP contribution in [0.1, 0.15) is 85.8 Å². The van der Waals surface area contributed by atoms with E-state index in [1.165, 1.54) is 0 Å². The Balaban J connectivity index is 2.06. The lowest BCUT2D eigenvalue weighted by Crippen LogP contribution is -2.47. The zero-order chi connectivity index (χ0) is 25.5. The van der Waals surface area contributed by atoms with Gasteiger partial charge in [-0.25, -0.2) is 4.79 Å². The number of ether oxygens (including phenoxy) is 2. The van der Waals surface area contributed by atoms with Gasteiger partial charge in [0.25, 0.3) is 0 Å². The Morgan fingerprint density at radius 3 is 2.26 bits per heavy atom. The van der Waals surface area contributed by atoms with Crippen molar-refractivity contribution >= 4 is 18.0 Å². The SMILES string of the molecule is CC(C)[C@@H]1CC[C@@H](C)C[C@H]1OC(=O)C[C@@H](NC(=O)[C@@H](C)NC(=O)OC(C)(C)C)c1ccccc1. The lowest BCUT2D eigenvalue weighted by atomic mass is 9.75. The highest BCUT2D eigenvalue weighted by molar-refractivity contribution is 5.86. The molecule has 1 aliphatic carbocycles. The zero-order valence-electron chi connectivity index (χ0n) is 21.7. The molecule has 2 N–H and O–H groups in total. The molecule has 0 heterocycles. The second-order valence-corrected chi connectivity index (χ2v) is 10.9. The molecule has 2 rings (SSSR count). The van der Waals surface area contributed by atoms with Gasteiger partial charge in [0, 0.05) is 0 Å². The third kappa shape index (κ3) is 8.99. The van der Waals surface area contributed by atoms with Crippen molar-refractivity contribution in [3.63, 3.8) is 0 Å². The second kappa shape index (κ2) is 12.2. The van der Waals surface area contributed by atoms with Gasteiger partial charge in [-0.2, -0.15) is 0 Å². The smallest absolute Gasteiger partial charge is 0.408 e. The maximum Gasteiger partial charge on any atom is 0.408 e. The summed E-state index contributed by atoms with van der Waals surface area (Å²) in [6.45, 7) is 13.4. The van der Waals surface area contributed by atoms with Gasteiger partial charge in [-0.3, -0.25) is 9.59 Å². The topological polar surface area (TPSA) is 93.7 Å². The van der Waals surface area contributed by atoms with Crippen LogP contribution in [0.3, 0.4) is 0 Å². The Bertz CT molecular complexity index is 818. The lowest BCUT2D eigenvalue weighted by molar-refractivity contribution is -0.156. The van der Waals surface area contributed by atoms with Crippen molar-refractivity contribution in [2.75, 3.05) is 0 Å². The van der Waals surface area contributed by atoms with Gasteiger partial charge >= 0.3 is 12.1 Å². The monoisotopic (exact) mass is 474 g/mol. The van der Waals surface area contributed by atoms with Crippen molar-refractivity contribution < 1.29 is 23.9 Å². The minimum Gasteiger partial charge on any atom is -0.462 e. The van der Waals surface area contributed by atoms with E-state index in [0.717, 1.165) is 24.8 Å². The van der Waals surface area contributed by atoms with Crippen molar-refractivity contribution in [1.29, 1.82) is 0 Å². The third-order valence-corrected chi connectivity index (χ3v) is 6.26. The summed E-state index contributed by atoms with van der Waals surface area (Å²) < 4.78 is 11.2. The van der Waals surface area contributed by atoms with E-state index in [9.17, 15) is 14.4 Å². The summed E-state index contributed by atoms with van der Waals surface area (Å²) in [5.74, 6) is 0.584. The first-order valence-electron chi connectivity index (χ1n) is 12.4. The number of nitrogens with one attached hydrogen (secondary N) is 2. The summed E-state index contributed by atoms with van der Waals surface area (Å²) in [4.78, 5) is 37.9. The summed E-state index contributed by atoms with van der Waals surface area (Å²) in [7, 11) is 0. The highest BCUT2D eigenvalue weighted by atomic mass is 16.6. The average molecular weight is 475 g/mol. The van der Waals surface area contributed by atoms with Crippen molar-refractivity contribution in [1.82, 2.24) is 10.6 Å². The molecule has 0 aromatic heterocycles. The molecule has 190 valence electrons. The summed E-state index contributed by atoms with van der Waals surface area (Å²) in [5, 5.41) is 5.45. The van der Waals surface area contributed by atoms with E-state index in [-0.39, 0.29) is 18.5 Å². The number of alkyl carbamates (subject to hydrolysis) is 1. The molecule has 0 bridgehead atoms. The predicted molar refractivity (Wildman–Crippen MR) is 132 cm³/mol. The van der Waals surface area contributed by atoms with E-state index in [4.69, 9.17) is 9.47 Å². The van der Waals surface area contributed by atoms with Crippen LogP contribution in [-0.2, 0) is 19.1 Å². The predicted octanol–water partition coefficient (Wildman–Crippen LogP) is 5.15. The number of carbonyl (C=O) groups is 3. The Labute approximate surface area is 204 Å². The number of amides is 2. The molecule has 1 aliphatic rings. The number of rotatable bonds is 8. The summed E-state index contributed by atoms with van der Waals surface area (Å²) >= 11 is 0. The summed E-state index contributed by atoms with van der Waals surface area (Å²) in [6.07, 6.45) is 2.33. The maximum absolute atomic E-state index is 13.0. The van der Waals surface area contributed by atoms with Gasteiger partial charge in [0.1, 0.15) is 17.7 Å². The molecule has 0 unspecified atom stereocenters. The average Bonchev–Trinajstić information content (AvgIpc) is 2.72. The van der Waals surface area contributed by atoms with Gasteiger partial charge < -0.3 is 20.1 Å². The molecule has 0 spiro atoms. The fourth-order valence-corrected chi connectivity index (χ4v) is 4.42. The van der Waals surface area contributed by atoms with E-state index in [0.29, 0.717) is 17.8 Å². The Morgan fingerprint density at radius 2 is 1.68 bits per heavy atom. The highest BCUT2D eigenvalue weighted by Gasteiger charge is 2.34. The number of carbonyl (C=O) groups excluding carboxylic acids is 3. The normalized spacial score (nSPS) is 22.4. The van der Waals surface area contributed by atoms with Crippen LogP contribution in [0, 0.1) is 17.8 Å². The van der Waals surface area contributed by atoms with Gasteiger partial charge in [-0.05, 0) is 63.9 Å². The number of hydrogen-bond acceptors (Lipinski definition) is 5. The quantitative estimate of drug-likeness (QED) is 0.508. The van der Waals surface area contributed by atoms with Crippen LogP contribution in [0.4, 0.5) is 4.79 Å². The zero-order valence-corrected chi connectivity index (χ0v) is 21.7. The number of esters is 1. The Morgan fingerprint density at radius 1 is 1.03 bits per heavy atom. The highest BCUT2D eigenvalue weighted by Crippen LogP contribution is 2.35. The molecule has 1 fully saturated rings. The number of hydrogen-bond donors (Lipinski definition) is 2. The molecule has 5 atom stereocenters. The molecule has 2 amide bonds. The van der Waals surface area contributed by atoms with Crippen LogP contribution in [0.25, 0.3) is 0 Å². The first-order valence-corrected chi connectivity index (χ1v) is 12.4. The van der Waals surface area contributed by atoms with Crippen LogP contribution in [0.5, 0.6) is 0 Å². The van der Waals surface area contributed by atoms with E-state index >= 15 is 0 Å². The van der Waals surface area contributed by atoms with E-state index < -0.39 is 29.7 Å². The molecule has 1 saturated carbocycles. The molecule has 0 aliphatic heterocycles. The summed E-state index contributed by atoms with van der Waals surface area (Å²) in [6, 6.07) is 7.93. The van der Waals surface area contributed by atoms with Crippen molar-refractivity contribution in [3.05, 3.63) is 35.9 Å². The van der Waals surface area contributed by atoms with Crippen LogP contribution in [0.15, 0.2) is 30.3 Å². The van der Waals surface area contributed by atoms with Crippen LogP contribution in [0.2, 0.25) is 0 Å². The second-order valence-electron chi connectivity index (χ2n) is 10.9. The molecular formula is C27H42N2O5. The van der Waals surface area contributed by atoms with Crippen LogP contribution < -0.4 is 10.6 Å². The Hall–Kier alpha value is -2.57. The molecular weight excluding hydrogens is 432 g/mol. The van der Waals surface area contributed by atoms with Gasteiger partial charge in [-0.15, -0.1) is 0 Å². The summed E-state index contributed by atoms with van der Waals surface area (Å²) in [5.41, 5.74) is 0.135. The van der Waals surface area contributed by atoms with Crippen LogP contribution >= 0.6 is 0 Å². The van der Waals surface area contributed by atoms with Crippen molar-refractivity contribution in [3.8, 4) is 0 Å². The van der Waals surface area contributed by atoms with Gasteiger partial charge in [0.15, 0.2) is 0 Å². The molecule has 0 radical (unpaired) electrons. The lowest BCUT2D eigenvalue weighted by Gasteiger charge is -2.37. The van der Waals surface area contributed by atoms with Gasteiger partial charge in [0.2, 0.25) is 5.91 Å². The molecule has 34 heavy (non-hydrogen) atoms. The van der Waals surface area contributed by atoms with Gasteiger partial charge in [-0.1, -0.05) is 57.5 Å². The van der Waals surface area contributed by atoms with E-state index in [1.807, 2.05) is 30.3 Å². The molecule has 7 nitrogen and oxygen atoms in total. The Kier molecular flexibility index (Phi) is 9.95. The largest absolute Gasteiger partial charge is 0.462 e. The first-order chi connectivity index (χ1) is 15.9. The van der Waals surface area contributed by atoms with Crippen molar-refractivity contribution in [2.24, 2.45) is 17.8 Å². The molecule has 1 aromatic rings. The fraction of sp³-hybridized carbons (Fsp3) is 0.667. The van der Waals surface area contributed by atoms with Crippen LogP contribution in [-0.4, -0.2) is 35.7 Å². The molecule has 7 heteroatoms. The van der Waals surface area contributed by atoms with Crippen molar-refractivity contribution in [2.45, 2.75) is 97.9 Å². The minimum absolute atomic E-state index is 0.0185. The third-order valence-electron chi connectivity index (χ3n) is 6.26. The minimum atomic E-state index is -0.832. The molecule has 0 saturated heterocycles. The molecule has 1 aromatic carbocycles. The number of benzene rings is 1. The van der Waals surface area contributed by atoms with E-state index in [1.54, 1.807) is 27.7 Å². The first kappa shape index (κ1) is 27.7. The standard InChI is InChI=1S/C27H42N2O5/c1-17(2)21-14-13-18(3)15-23(21)33-24(30)16-22(20-11-9-8-10-12-20)29-25(31)19(4)28-26(32)34-27(5,6)7/h8-12,17-19,21-23H,13-16H2,1-7H3,(H,28,32)(H,29,31)/t18-,19-,21+,22-,23-/m1/s1. The van der Waals surface area contributed by atoms with E-state index in [2.05, 4.69) is 31.4 Å². The van der Waals surface area contributed by atoms with Gasteiger partial charge in [0.05, 0.1) is 12.5 Å². The maximum atomic E-state index is 13.0.